The molecule has 0 saturated carbocycles. The Bertz CT molecular complexity index is 583. The lowest BCUT2D eigenvalue weighted by Gasteiger charge is -2.22. The molecule has 2 N–H and O–H groups in total. The van der Waals surface area contributed by atoms with Crippen LogP contribution < -0.4 is 10.6 Å². The van der Waals surface area contributed by atoms with Crippen LogP contribution in [0.5, 0.6) is 0 Å². The van der Waals surface area contributed by atoms with E-state index >= 15 is 0 Å². The highest BCUT2D eigenvalue weighted by Crippen LogP contribution is 2.15. The molecule has 1 fully saturated rings. The van der Waals surface area contributed by atoms with Crippen LogP contribution in [-0.2, 0) is 20.8 Å². The van der Waals surface area contributed by atoms with E-state index in [0.717, 1.165) is 25.0 Å². The minimum Gasteiger partial charge on any atom is -0.376 e. The Hall–Kier alpha value is -1.92. The minimum atomic E-state index is -0.508. The van der Waals surface area contributed by atoms with E-state index in [9.17, 15) is 9.59 Å². The molecule has 0 spiro atoms. The molecule has 0 radical (unpaired) electrons. The van der Waals surface area contributed by atoms with Crippen LogP contribution in [0.4, 0.5) is 0 Å². The van der Waals surface area contributed by atoms with Crippen molar-refractivity contribution in [2.75, 3.05) is 20.3 Å². The van der Waals surface area contributed by atoms with Gasteiger partial charge in [0, 0.05) is 25.8 Å². The van der Waals surface area contributed by atoms with Crippen LogP contribution in [0.3, 0.4) is 0 Å². The summed E-state index contributed by atoms with van der Waals surface area (Å²) in [4.78, 5) is 24.2. The molecule has 1 aliphatic rings. The van der Waals surface area contributed by atoms with Gasteiger partial charge in [-0.25, -0.2) is 0 Å². The summed E-state index contributed by atoms with van der Waals surface area (Å²) >= 11 is 0. The average molecular weight is 348 g/mol. The van der Waals surface area contributed by atoms with Crippen molar-refractivity contribution in [3.63, 3.8) is 0 Å². The van der Waals surface area contributed by atoms with Gasteiger partial charge >= 0.3 is 0 Å². The fourth-order valence-electron chi connectivity index (χ4n) is 2.81. The number of hydrogen-bond donors (Lipinski definition) is 2. The van der Waals surface area contributed by atoms with E-state index in [1.165, 1.54) is 0 Å². The molecule has 25 heavy (non-hydrogen) atoms. The third-order valence-corrected chi connectivity index (χ3v) is 4.23. The molecular formula is C19H28N2O4. The van der Waals surface area contributed by atoms with Gasteiger partial charge in [-0.1, -0.05) is 26.0 Å². The number of amides is 2. The fraction of sp³-hybridized carbons (Fsp3) is 0.579. The zero-order chi connectivity index (χ0) is 18.2. The molecular weight excluding hydrogens is 320 g/mol. The quantitative estimate of drug-likeness (QED) is 0.752. The normalized spacial score (nSPS) is 18.2. The molecule has 1 aromatic carbocycles. The smallest absolute Gasteiger partial charge is 0.251 e. The van der Waals surface area contributed by atoms with E-state index in [1.807, 2.05) is 19.9 Å². The molecule has 1 aromatic rings. The van der Waals surface area contributed by atoms with Crippen molar-refractivity contribution in [3.05, 3.63) is 35.4 Å². The summed E-state index contributed by atoms with van der Waals surface area (Å²) in [5.41, 5.74) is 1.44. The number of carbonyl (C=O) groups is 2. The summed E-state index contributed by atoms with van der Waals surface area (Å²) < 4.78 is 11.4. The van der Waals surface area contributed by atoms with E-state index in [2.05, 4.69) is 10.6 Å². The molecule has 0 aliphatic carbocycles. The van der Waals surface area contributed by atoms with Crippen molar-refractivity contribution in [2.24, 2.45) is 5.92 Å². The predicted molar refractivity (Wildman–Crippen MR) is 95.2 cm³/mol. The van der Waals surface area contributed by atoms with Crippen molar-refractivity contribution in [1.82, 2.24) is 10.6 Å². The van der Waals surface area contributed by atoms with Gasteiger partial charge < -0.3 is 20.1 Å². The second-order valence-corrected chi connectivity index (χ2v) is 6.63. The third kappa shape index (κ3) is 5.83. The third-order valence-electron chi connectivity index (χ3n) is 4.23. The van der Waals surface area contributed by atoms with Crippen LogP contribution in [0.2, 0.25) is 0 Å². The summed E-state index contributed by atoms with van der Waals surface area (Å²) in [7, 11) is 1.59. The molecule has 0 aromatic heterocycles. The summed E-state index contributed by atoms with van der Waals surface area (Å²) in [6.45, 7) is 5.50. The van der Waals surface area contributed by atoms with Gasteiger partial charge in [0.05, 0.1) is 12.7 Å². The number of nitrogens with one attached hydrogen (secondary N) is 2. The zero-order valence-corrected chi connectivity index (χ0v) is 15.2. The van der Waals surface area contributed by atoms with Gasteiger partial charge in [0.15, 0.2) is 0 Å². The Morgan fingerprint density at radius 3 is 2.80 bits per heavy atom. The van der Waals surface area contributed by atoms with Crippen LogP contribution in [0.1, 0.15) is 42.6 Å². The molecule has 2 amide bonds. The molecule has 0 unspecified atom stereocenters. The van der Waals surface area contributed by atoms with Gasteiger partial charge in [0.2, 0.25) is 5.91 Å². The van der Waals surface area contributed by atoms with Crippen LogP contribution in [-0.4, -0.2) is 44.3 Å². The second kappa shape index (κ2) is 9.53. The van der Waals surface area contributed by atoms with Gasteiger partial charge in [0.25, 0.3) is 5.91 Å². The number of rotatable bonds is 8. The summed E-state index contributed by atoms with van der Waals surface area (Å²) in [6, 6.07) is 7.20. The summed E-state index contributed by atoms with van der Waals surface area (Å²) in [6.07, 6.45) is 1.62. The van der Waals surface area contributed by atoms with E-state index in [4.69, 9.17) is 9.47 Å². The second-order valence-electron chi connectivity index (χ2n) is 6.63. The number of benzene rings is 1. The van der Waals surface area contributed by atoms with Gasteiger partial charge in [-0.2, -0.15) is 0 Å². The average Bonchev–Trinajstić information content (AvgIpc) is 3.13. The van der Waals surface area contributed by atoms with Crippen LogP contribution in [0.15, 0.2) is 24.3 Å². The first-order valence-corrected chi connectivity index (χ1v) is 8.83. The van der Waals surface area contributed by atoms with Crippen molar-refractivity contribution in [2.45, 2.75) is 45.4 Å². The predicted octanol–water partition coefficient (Wildman–Crippen LogP) is 1.88. The Labute approximate surface area is 149 Å². The highest BCUT2D eigenvalue weighted by Gasteiger charge is 2.25. The molecule has 138 valence electrons. The lowest BCUT2D eigenvalue weighted by Crippen LogP contribution is -2.40. The number of ether oxygens (including phenoxy) is 2. The molecule has 0 bridgehead atoms. The van der Waals surface area contributed by atoms with Crippen LogP contribution >= 0.6 is 0 Å². The lowest BCUT2D eigenvalue weighted by molar-refractivity contribution is -0.138. The van der Waals surface area contributed by atoms with Gasteiger partial charge in [-0.15, -0.1) is 0 Å². The van der Waals surface area contributed by atoms with E-state index in [-0.39, 0.29) is 23.8 Å². The Morgan fingerprint density at radius 2 is 2.16 bits per heavy atom. The first-order chi connectivity index (χ1) is 12.0. The lowest BCUT2D eigenvalue weighted by atomic mass is 10.1. The number of carbonyl (C=O) groups excluding carboxylic acids is 2. The van der Waals surface area contributed by atoms with Crippen molar-refractivity contribution in [1.29, 1.82) is 0 Å². The summed E-state index contributed by atoms with van der Waals surface area (Å²) in [5, 5.41) is 5.50. The topological polar surface area (TPSA) is 76.7 Å². The Kier molecular flexibility index (Phi) is 7.40. The van der Waals surface area contributed by atoms with Gasteiger partial charge in [-0.05, 0) is 36.5 Å². The molecule has 1 saturated heterocycles. The fourth-order valence-corrected chi connectivity index (χ4v) is 2.81. The van der Waals surface area contributed by atoms with Crippen molar-refractivity contribution in [3.8, 4) is 0 Å². The van der Waals surface area contributed by atoms with Crippen molar-refractivity contribution >= 4 is 11.8 Å². The molecule has 2 atom stereocenters. The zero-order valence-electron chi connectivity index (χ0n) is 15.2. The molecule has 2 rings (SSSR count). The number of hydrogen-bond acceptors (Lipinski definition) is 4. The molecule has 6 heteroatoms. The van der Waals surface area contributed by atoms with E-state index in [0.29, 0.717) is 18.7 Å². The van der Waals surface area contributed by atoms with Gasteiger partial charge in [0.1, 0.15) is 6.10 Å². The van der Waals surface area contributed by atoms with E-state index < -0.39 is 6.10 Å². The maximum Gasteiger partial charge on any atom is 0.251 e. The maximum atomic E-state index is 12.5. The highest BCUT2D eigenvalue weighted by molar-refractivity contribution is 5.94. The SMILES string of the molecule is CNC(=O)c1cccc(CNC(=O)[C@H](OC[C@H]2CCCO2)C(C)C)c1. The van der Waals surface area contributed by atoms with Gasteiger partial charge in [-0.3, -0.25) is 9.59 Å². The van der Waals surface area contributed by atoms with Crippen LogP contribution in [0.25, 0.3) is 0 Å². The van der Waals surface area contributed by atoms with Crippen molar-refractivity contribution < 1.29 is 19.1 Å². The first-order valence-electron chi connectivity index (χ1n) is 8.83. The molecule has 1 aliphatic heterocycles. The molecule has 1 heterocycles. The highest BCUT2D eigenvalue weighted by atomic mass is 16.5. The largest absolute Gasteiger partial charge is 0.376 e. The Morgan fingerprint density at radius 1 is 1.36 bits per heavy atom. The molecule has 6 nitrogen and oxygen atoms in total. The monoisotopic (exact) mass is 348 g/mol. The maximum absolute atomic E-state index is 12.5. The van der Waals surface area contributed by atoms with Crippen LogP contribution in [0, 0.1) is 5.92 Å². The van der Waals surface area contributed by atoms with E-state index in [1.54, 1.807) is 25.2 Å². The Balaban J connectivity index is 1.88. The standard InChI is InChI=1S/C19H28N2O4/c1-13(2)17(25-12-16-8-5-9-24-16)19(23)21-11-14-6-4-7-15(10-14)18(22)20-3/h4,6-7,10,13,16-17H,5,8-9,11-12H2,1-3H3,(H,20,22)(H,21,23)/t16-,17-/m1/s1. The first kappa shape index (κ1) is 19.4. The minimum absolute atomic E-state index is 0.0682. The summed E-state index contributed by atoms with van der Waals surface area (Å²) in [5.74, 6) is -0.218.